The molecule has 1 aliphatic rings. The van der Waals surface area contributed by atoms with E-state index in [1.54, 1.807) is 6.07 Å². The van der Waals surface area contributed by atoms with Crippen molar-refractivity contribution in [3.8, 4) is 0 Å². The van der Waals surface area contributed by atoms with Crippen LogP contribution in [-0.2, 0) is 0 Å². The lowest BCUT2D eigenvalue weighted by atomic mass is 9.71. The number of ketones is 1. The van der Waals surface area contributed by atoms with Gasteiger partial charge in [-0.15, -0.1) is 0 Å². The number of anilines is 1. The highest BCUT2D eigenvalue weighted by atomic mass is 35.5. The molecule has 1 aromatic heterocycles. The van der Waals surface area contributed by atoms with Crippen LogP contribution in [0.2, 0.25) is 5.02 Å². The van der Waals surface area contributed by atoms with E-state index in [-0.39, 0.29) is 17.0 Å². The highest BCUT2D eigenvalue weighted by molar-refractivity contribution is 6.31. The summed E-state index contributed by atoms with van der Waals surface area (Å²) in [5.41, 5.74) is 5.95. The van der Waals surface area contributed by atoms with E-state index < -0.39 is 0 Å². The number of Topliss-reactive ketones (excluding diaryl/α,β-unsaturated/α-hetero) is 1. The smallest absolute Gasteiger partial charge is 0.174 e. The van der Waals surface area contributed by atoms with Gasteiger partial charge >= 0.3 is 0 Å². The zero-order valence-corrected chi connectivity index (χ0v) is 12.0. The number of hydrogen-bond acceptors (Lipinski definition) is 4. The van der Waals surface area contributed by atoms with Gasteiger partial charge in [0, 0.05) is 18.2 Å². The van der Waals surface area contributed by atoms with Crippen LogP contribution in [0.15, 0.2) is 12.3 Å². The Morgan fingerprint density at radius 2 is 2.42 bits per heavy atom. The molecule has 2 rings (SSSR count). The molecule has 0 radical (unpaired) electrons. The number of rotatable bonds is 4. The number of carbonyl (C=O) groups is 1. The third-order valence-electron chi connectivity index (χ3n) is 3.81. The summed E-state index contributed by atoms with van der Waals surface area (Å²) >= 11 is 5.94. The fourth-order valence-electron chi connectivity index (χ4n) is 2.88. The Kier molecular flexibility index (Phi) is 4.42. The van der Waals surface area contributed by atoms with Crippen LogP contribution in [-0.4, -0.2) is 23.9 Å². The van der Waals surface area contributed by atoms with Crippen molar-refractivity contribution in [3.05, 3.63) is 22.8 Å². The number of piperidine rings is 1. The number of carbonyl (C=O) groups excluding carboxylic acids is 1. The Morgan fingerprint density at radius 3 is 3.05 bits per heavy atom. The zero-order valence-electron chi connectivity index (χ0n) is 11.2. The largest absolute Gasteiger partial charge is 0.383 e. The first-order valence-electron chi connectivity index (χ1n) is 6.75. The Balaban J connectivity index is 2.36. The Morgan fingerprint density at radius 1 is 1.63 bits per heavy atom. The maximum Gasteiger partial charge on any atom is 0.174 e. The minimum atomic E-state index is -0.354. The van der Waals surface area contributed by atoms with Gasteiger partial charge in [-0.25, -0.2) is 4.98 Å². The predicted octanol–water partition coefficient (Wildman–Crippen LogP) is 2.67. The molecule has 1 aliphatic heterocycles. The average molecular weight is 282 g/mol. The molecular formula is C14H20ClN3O. The topological polar surface area (TPSA) is 68.0 Å². The van der Waals surface area contributed by atoms with Crippen molar-refractivity contribution < 1.29 is 4.79 Å². The summed E-state index contributed by atoms with van der Waals surface area (Å²) in [5, 5.41) is 3.78. The van der Waals surface area contributed by atoms with Gasteiger partial charge in [-0.05, 0) is 31.9 Å². The highest BCUT2D eigenvalue weighted by Gasteiger charge is 2.39. The highest BCUT2D eigenvalue weighted by Crippen LogP contribution is 2.36. The number of nitrogens with two attached hydrogens (primary N) is 1. The second-order valence-corrected chi connectivity index (χ2v) is 5.66. The lowest BCUT2D eigenvalue weighted by molar-refractivity contribution is 0.0718. The molecule has 3 N–H and O–H groups in total. The van der Waals surface area contributed by atoms with E-state index in [1.807, 2.05) is 0 Å². The van der Waals surface area contributed by atoms with Gasteiger partial charge in [-0.1, -0.05) is 24.9 Å². The summed E-state index contributed by atoms with van der Waals surface area (Å²) in [7, 11) is 0. The van der Waals surface area contributed by atoms with Crippen LogP contribution in [0, 0.1) is 5.41 Å². The Hall–Kier alpha value is -1.13. The number of hydrogen-bond donors (Lipinski definition) is 2. The van der Waals surface area contributed by atoms with E-state index in [0.29, 0.717) is 17.1 Å². The van der Waals surface area contributed by atoms with Gasteiger partial charge in [0.05, 0.1) is 10.6 Å². The molecule has 0 spiro atoms. The van der Waals surface area contributed by atoms with Gasteiger partial charge in [0.15, 0.2) is 5.78 Å². The predicted molar refractivity (Wildman–Crippen MR) is 77.4 cm³/mol. The van der Waals surface area contributed by atoms with Crippen molar-refractivity contribution in [3.63, 3.8) is 0 Å². The maximum absolute atomic E-state index is 12.9. The summed E-state index contributed by atoms with van der Waals surface area (Å²) in [5.74, 6) is 0.351. The summed E-state index contributed by atoms with van der Waals surface area (Å²) in [6, 6.07) is 1.64. The first-order chi connectivity index (χ1) is 9.09. The Bertz CT molecular complexity index is 464. The molecule has 0 amide bonds. The lowest BCUT2D eigenvalue weighted by Crippen LogP contribution is -2.45. The van der Waals surface area contributed by atoms with Crippen LogP contribution >= 0.6 is 11.6 Å². The van der Waals surface area contributed by atoms with Crippen LogP contribution in [0.1, 0.15) is 43.0 Å². The molecule has 0 aliphatic carbocycles. The first kappa shape index (κ1) is 14.3. The molecule has 19 heavy (non-hydrogen) atoms. The summed E-state index contributed by atoms with van der Waals surface area (Å²) in [6.45, 7) is 3.79. The third-order valence-corrected chi connectivity index (χ3v) is 4.02. The standard InChI is InChI=1S/C14H20ClN3O/c1-2-4-14(5-3-6-17-9-14)12(19)11-7-10(15)8-18-13(11)16/h7-8,17H,2-6,9H2,1H3,(H2,16,18). The second-order valence-electron chi connectivity index (χ2n) is 5.23. The molecular weight excluding hydrogens is 262 g/mol. The van der Waals surface area contributed by atoms with Crippen molar-refractivity contribution in [1.82, 2.24) is 10.3 Å². The molecule has 0 bridgehead atoms. The SMILES string of the molecule is CCCC1(C(=O)c2cc(Cl)cnc2N)CCCNC1. The average Bonchev–Trinajstić information content (AvgIpc) is 2.42. The number of nitrogens with one attached hydrogen (secondary N) is 1. The van der Waals surface area contributed by atoms with Crippen molar-refractivity contribution in [2.45, 2.75) is 32.6 Å². The summed E-state index contributed by atoms with van der Waals surface area (Å²) in [4.78, 5) is 16.9. The van der Waals surface area contributed by atoms with E-state index in [1.165, 1.54) is 6.20 Å². The third kappa shape index (κ3) is 2.90. The normalized spacial score (nSPS) is 23.3. The van der Waals surface area contributed by atoms with Gasteiger partial charge < -0.3 is 11.1 Å². The van der Waals surface area contributed by atoms with Gasteiger partial charge in [0.25, 0.3) is 0 Å². The molecule has 1 atom stereocenters. The van der Waals surface area contributed by atoms with E-state index in [4.69, 9.17) is 17.3 Å². The minimum Gasteiger partial charge on any atom is -0.383 e. The van der Waals surface area contributed by atoms with Gasteiger partial charge in [0.1, 0.15) is 5.82 Å². The number of pyridine rings is 1. The molecule has 1 fully saturated rings. The van der Waals surface area contributed by atoms with Crippen LogP contribution < -0.4 is 11.1 Å². The minimum absolute atomic E-state index is 0.0778. The van der Waals surface area contributed by atoms with E-state index >= 15 is 0 Å². The van der Waals surface area contributed by atoms with Gasteiger partial charge in [-0.3, -0.25) is 4.79 Å². The van der Waals surface area contributed by atoms with Crippen molar-refractivity contribution in [2.24, 2.45) is 5.41 Å². The molecule has 1 aromatic rings. The van der Waals surface area contributed by atoms with Gasteiger partial charge in [0.2, 0.25) is 0 Å². The van der Waals surface area contributed by atoms with Crippen LogP contribution in [0.3, 0.4) is 0 Å². The maximum atomic E-state index is 12.9. The van der Waals surface area contributed by atoms with Crippen molar-refractivity contribution in [1.29, 1.82) is 0 Å². The number of nitrogens with zero attached hydrogens (tertiary/aromatic N) is 1. The molecule has 2 heterocycles. The van der Waals surface area contributed by atoms with E-state index in [0.717, 1.165) is 32.2 Å². The molecule has 4 nitrogen and oxygen atoms in total. The molecule has 1 saturated heterocycles. The molecule has 0 saturated carbocycles. The Labute approximate surface area is 118 Å². The monoisotopic (exact) mass is 281 g/mol. The molecule has 104 valence electrons. The quantitative estimate of drug-likeness (QED) is 0.833. The molecule has 1 unspecified atom stereocenters. The van der Waals surface area contributed by atoms with E-state index in [2.05, 4.69) is 17.2 Å². The lowest BCUT2D eigenvalue weighted by Gasteiger charge is -2.36. The van der Waals surface area contributed by atoms with Gasteiger partial charge in [-0.2, -0.15) is 0 Å². The fraction of sp³-hybridized carbons (Fsp3) is 0.571. The summed E-state index contributed by atoms with van der Waals surface area (Å²) in [6.07, 6.45) is 5.23. The second kappa shape index (κ2) is 5.88. The van der Waals surface area contributed by atoms with E-state index in [9.17, 15) is 4.79 Å². The number of nitrogen functional groups attached to an aromatic ring is 1. The molecule has 5 heteroatoms. The number of halogens is 1. The number of aromatic nitrogens is 1. The fourth-order valence-corrected chi connectivity index (χ4v) is 3.04. The van der Waals surface area contributed by atoms with Crippen molar-refractivity contribution >= 4 is 23.2 Å². The van der Waals surface area contributed by atoms with Crippen LogP contribution in [0.5, 0.6) is 0 Å². The molecule has 0 aromatic carbocycles. The zero-order chi connectivity index (χ0) is 13.9. The van der Waals surface area contributed by atoms with Crippen LogP contribution in [0.25, 0.3) is 0 Å². The van der Waals surface area contributed by atoms with Crippen LogP contribution in [0.4, 0.5) is 5.82 Å². The summed E-state index contributed by atoms with van der Waals surface area (Å²) < 4.78 is 0. The van der Waals surface area contributed by atoms with Crippen molar-refractivity contribution in [2.75, 3.05) is 18.8 Å². The first-order valence-corrected chi connectivity index (χ1v) is 7.13.